The minimum absolute atomic E-state index is 0.00807. The first-order valence-electron chi connectivity index (χ1n) is 8.98. The van der Waals surface area contributed by atoms with Crippen molar-refractivity contribution in [2.24, 2.45) is 5.92 Å². The highest BCUT2D eigenvalue weighted by Gasteiger charge is 2.35. The molecule has 24 heavy (non-hydrogen) atoms. The zero-order valence-electron chi connectivity index (χ0n) is 14.0. The molecule has 0 saturated heterocycles. The van der Waals surface area contributed by atoms with E-state index < -0.39 is 0 Å². The van der Waals surface area contributed by atoms with E-state index in [4.69, 9.17) is 0 Å². The van der Waals surface area contributed by atoms with Crippen molar-refractivity contribution in [3.8, 4) is 5.75 Å². The molecule has 2 fully saturated rings. The molecule has 0 atom stereocenters. The average Bonchev–Trinajstić information content (AvgIpc) is 2.54. The van der Waals surface area contributed by atoms with Gasteiger partial charge < -0.3 is 15.7 Å². The lowest BCUT2D eigenvalue weighted by Crippen LogP contribution is -2.45. The lowest BCUT2D eigenvalue weighted by Gasteiger charge is -2.34. The quantitative estimate of drug-likeness (QED) is 0.776. The zero-order valence-corrected chi connectivity index (χ0v) is 14.0. The Labute approximate surface area is 142 Å². The number of aromatic hydroxyl groups is 1. The van der Waals surface area contributed by atoms with E-state index >= 15 is 0 Å². The summed E-state index contributed by atoms with van der Waals surface area (Å²) in [5, 5.41) is 15.1. The second-order valence-electron chi connectivity index (χ2n) is 7.08. The van der Waals surface area contributed by atoms with Crippen LogP contribution in [0.4, 0.5) is 0 Å². The molecule has 1 aromatic carbocycles. The van der Waals surface area contributed by atoms with Crippen LogP contribution in [0.3, 0.4) is 0 Å². The third-order valence-corrected chi connectivity index (χ3v) is 5.27. The third kappa shape index (κ3) is 4.28. The van der Waals surface area contributed by atoms with Gasteiger partial charge >= 0.3 is 0 Å². The Kier molecular flexibility index (Phi) is 5.38. The largest absolute Gasteiger partial charge is 0.508 e. The molecule has 2 amide bonds. The van der Waals surface area contributed by atoms with Crippen LogP contribution in [0.2, 0.25) is 0 Å². The van der Waals surface area contributed by atoms with E-state index in [1.54, 1.807) is 12.1 Å². The summed E-state index contributed by atoms with van der Waals surface area (Å²) >= 11 is 0. The Hall–Kier alpha value is -2.04. The summed E-state index contributed by atoms with van der Waals surface area (Å²) in [4.78, 5) is 24.0. The molecule has 0 heterocycles. The number of amides is 2. The smallest absolute Gasteiger partial charge is 0.239 e. The van der Waals surface area contributed by atoms with Gasteiger partial charge in [0, 0.05) is 12.0 Å². The number of nitrogens with one attached hydrogen (secondary N) is 2. The minimum atomic E-state index is -0.0790. The maximum absolute atomic E-state index is 12.1. The van der Waals surface area contributed by atoms with E-state index in [-0.39, 0.29) is 36.1 Å². The van der Waals surface area contributed by atoms with E-state index in [0.717, 1.165) is 31.2 Å². The molecule has 0 unspecified atom stereocenters. The van der Waals surface area contributed by atoms with Crippen LogP contribution in [0, 0.1) is 5.92 Å². The molecule has 3 rings (SSSR count). The Bertz CT molecular complexity index is 573. The Morgan fingerprint density at radius 2 is 1.71 bits per heavy atom. The standard InChI is InChI=1S/C19H26N2O3/c22-17-8-6-13(7-9-17)14-10-15(11-14)19(24)20-12-18(23)21-16-4-2-1-3-5-16/h6-9,14-16,22H,1-5,10-12H2,(H,20,24)(H,21,23). The number of hydrogen-bond acceptors (Lipinski definition) is 3. The van der Waals surface area contributed by atoms with Gasteiger partial charge in [-0.25, -0.2) is 0 Å². The normalized spacial score (nSPS) is 24.0. The number of phenols is 1. The van der Waals surface area contributed by atoms with Crippen molar-refractivity contribution in [1.82, 2.24) is 10.6 Å². The van der Waals surface area contributed by atoms with Crippen LogP contribution in [0.25, 0.3) is 0 Å². The van der Waals surface area contributed by atoms with Gasteiger partial charge in [-0.05, 0) is 49.3 Å². The zero-order chi connectivity index (χ0) is 16.9. The van der Waals surface area contributed by atoms with Crippen LogP contribution in [0.5, 0.6) is 5.75 Å². The summed E-state index contributed by atoms with van der Waals surface area (Å²) < 4.78 is 0. The summed E-state index contributed by atoms with van der Waals surface area (Å²) in [5.41, 5.74) is 1.16. The van der Waals surface area contributed by atoms with Gasteiger partial charge in [0.2, 0.25) is 11.8 Å². The Morgan fingerprint density at radius 3 is 2.38 bits per heavy atom. The van der Waals surface area contributed by atoms with E-state index in [2.05, 4.69) is 10.6 Å². The van der Waals surface area contributed by atoms with Crippen LogP contribution in [-0.4, -0.2) is 29.5 Å². The first kappa shape index (κ1) is 16.8. The van der Waals surface area contributed by atoms with Crippen molar-refractivity contribution < 1.29 is 14.7 Å². The molecule has 0 spiro atoms. The highest BCUT2D eigenvalue weighted by Crippen LogP contribution is 2.41. The minimum Gasteiger partial charge on any atom is -0.508 e. The van der Waals surface area contributed by atoms with Gasteiger partial charge in [0.1, 0.15) is 5.75 Å². The molecular formula is C19H26N2O3. The molecule has 1 aromatic rings. The van der Waals surface area contributed by atoms with Gasteiger partial charge in [0.05, 0.1) is 6.54 Å². The predicted octanol–water partition coefficient (Wildman–Crippen LogP) is 2.45. The van der Waals surface area contributed by atoms with Gasteiger partial charge in [-0.2, -0.15) is 0 Å². The number of rotatable bonds is 5. The Morgan fingerprint density at radius 1 is 1.04 bits per heavy atom. The number of phenolic OH excluding ortho intramolecular Hbond substituents is 1. The second-order valence-corrected chi connectivity index (χ2v) is 7.08. The van der Waals surface area contributed by atoms with Crippen LogP contribution in [0.15, 0.2) is 24.3 Å². The highest BCUT2D eigenvalue weighted by atomic mass is 16.3. The van der Waals surface area contributed by atoms with E-state index in [9.17, 15) is 14.7 Å². The van der Waals surface area contributed by atoms with Crippen molar-refractivity contribution in [1.29, 1.82) is 0 Å². The Balaban J connectivity index is 1.36. The number of benzene rings is 1. The number of carbonyl (C=O) groups is 2. The van der Waals surface area contributed by atoms with Crippen molar-refractivity contribution >= 4 is 11.8 Å². The fourth-order valence-corrected chi connectivity index (χ4v) is 3.69. The lowest BCUT2D eigenvalue weighted by molar-refractivity contribution is -0.131. The summed E-state index contributed by atoms with van der Waals surface area (Å²) in [6.45, 7) is 0.0791. The molecule has 0 bridgehead atoms. The van der Waals surface area contributed by atoms with Crippen molar-refractivity contribution in [2.75, 3.05) is 6.54 Å². The first-order chi connectivity index (χ1) is 11.6. The van der Waals surface area contributed by atoms with Crippen LogP contribution < -0.4 is 10.6 Å². The molecule has 3 N–H and O–H groups in total. The fourth-order valence-electron chi connectivity index (χ4n) is 3.69. The summed E-state index contributed by atoms with van der Waals surface area (Å²) in [7, 11) is 0. The highest BCUT2D eigenvalue weighted by molar-refractivity contribution is 5.86. The average molecular weight is 330 g/mol. The molecule has 130 valence electrons. The van der Waals surface area contributed by atoms with Crippen molar-refractivity contribution in [3.63, 3.8) is 0 Å². The molecule has 5 nitrogen and oxygen atoms in total. The monoisotopic (exact) mass is 330 g/mol. The molecular weight excluding hydrogens is 304 g/mol. The van der Waals surface area contributed by atoms with Crippen LogP contribution in [0.1, 0.15) is 56.4 Å². The van der Waals surface area contributed by atoms with Crippen molar-refractivity contribution in [3.05, 3.63) is 29.8 Å². The van der Waals surface area contributed by atoms with Gasteiger partial charge in [-0.15, -0.1) is 0 Å². The molecule has 0 aliphatic heterocycles. The molecule has 0 aromatic heterocycles. The van der Waals surface area contributed by atoms with Gasteiger partial charge in [-0.1, -0.05) is 31.4 Å². The predicted molar refractivity (Wildman–Crippen MR) is 91.6 cm³/mol. The lowest BCUT2D eigenvalue weighted by atomic mass is 9.71. The number of hydrogen-bond donors (Lipinski definition) is 3. The van der Waals surface area contributed by atoms with Crippen LogP contribution in [-0.2, 0) is 9.59 Å². The SMILES string of the molecule is O=C(CNC(=O)C1CC(c2ccc(O)cc2)C1)NC1CCCCC1. The van der Waals surface area contributed by atoms with E-state index in [1.165, 1.54) is 19.3 Å². The molecule has 5 heteroatoms. The number of carbonyl (C=O) groups excluding carboxylic acids is 2. The van der Waals surface area contributed by atoms with E-state index in [0.29, 0.717) is 5.92 Å². The molecule has 2 aliphatic rings. The second kappa shape index (κ2) is 7.69. The molecule has 0 radical (unpaired) electrons. The van der Waals surface area contributed by atoms with Crippen molar-refractivity contribution in [2.45, 2.75) is 56.9 Å². The summed E-state index contributed by atoms with van der Waals surface area (Å²) in [5.74, 6) is 0.522. The topological polar surface area (TPSA) is 78.4 Å². The maximum atomic E-state index is 12.1. The van der Waals surface area contributed by atoms with Gasteiger partial charge in [0.25, 0.3) is 0 Å². The first-order valence-corrected chi connectivity index (χ1v) is 8.98. The molecule has 2 aliphatic carbocycles. The van der Waals surface area contributed by atoms with Gasteiger partial charge in [-0.3, -0.25) is 9.59 Å². The summed E-state index contributed by atoms with van der Waals surface area (Å²) in [6.07, 6.45) is 7.33. The molecule has 2 saturated carbocycles. The van der Waals surface area contributed by atoms with Gasteiger partial charge in [0.15, 0.2) is 0 Å². The maximum Gasteiger partial charge on any atom is 0.239 e. The third-order valence-electron chi connectivity index (χ3n) is 5.27. The summed E-state index contributed by atoms with van der Waals surface area (Å²) in [6, 6.07) is 7.46. The fraction of sp³-hybridized carbons (Fsp3) is 0.579. The van der Waals surface area contributed by atoms with E-state index in [1.807, 2.05) is 12.1 Å². The van der Waals surface area contributed by atoms with Crippen LogP contribution >= 0.6 is 0 Å².